The largest absolute Gasteiger partial charge is 0.503 e. The molecular formula is C18H24N2O3. The van der Waals surface area contributed by atoms with E-state index in [1.807, 2.05) is 50.2 Å². The summed E-state index contributed by atoms with van der Waals surface area (Å²) in [6.45, 7) is 4.82. The standard InChI is InChI=1S/C18H24N2O3/c1-5-14(21)15-16(13-8-6-7-12(2)11-13)20(10-9-19(3)4)18(23)17(15)22/h6-8,11,16,22H,5,9-10H2,1-4H3. The van der Waals surface area contributed by atoms with Gasteiger partial charge in [-0.3, -0.25) is 9.59 Å². The maximum Gasteiger partial charge on any atom is 0.290 e. The molecule has 1 heterocycles. The first-order valence-corrected chi connectivity index (χ1v) is 7.85. The fourth-order valence-electron chi connectivity index (χ4n) is 2.85. The number of Topliss-reactive ketones (excluding diaryl/α,β-unsaturated/α-hetero) is 1. The number of ketones is 1. The van der Waals surface area contributed by atoms with E-state index >= 15 is 0 Å². The summed E-state index contributed by atoms with van der Waals surface area (Å²) >= 11 is 0. The lowest BCUT2D eigenvalue weighted by molar-refractivity contribution is -0.129. The number of rotatable bonds is 6. The molecule has 0 saturated heterocycles. The first-order valence-electron chi connectivity index (χ1n) is 7.85. The molecule has 23 heavy (non-hydrogen) atoms. The number of likely N-dealkylation sites (N-methyl/N-ethyl adjacent to an activating group) is 1. The van der Waals surface area contributed by atoms with Crippen LogP contribution in [0.4, 0.5) is 0 Å². The van der Waals surface area contributed by atoms with Gasteiger partial charge in [0.2, 0.25) is 0 Å². The molecule has 0 aromatic heterocycles. The predicted molar refractivity (Wildman–Crippen MR) is 89.1 cm³/mol. The molecule has 0 spiro atoms. The average molecular weight is 316 g/mol. The Balaban J connectivity index is 2.47. The van der Waals surface area contributed by atoms with Gasteiger partial charge in [0.1, 0.15) is 0 Å². The highest BCUT2D eigenvalue weighted by atomic mass is 16.3. The van der Waals surface area contributed by atoms with Gasteiger partial charge < -0.3 is 14.9 Å². The molecule has 0 radical (unpaired) electrons. The van der Waals surface area contributed by atoms with Crippen molar-refractivity contribution in [1.82, 2.24) is 9.80 Å². The summed E-state index contributed by atoms with van der Waals surface area (Å²) in [4.78, 5) is 28.3. The van der Waals surface area contributed by atoms with Gasteiger partial charge in [-0.15, -0.1) is 0 Å². The summed E-state index contributed by atoms with van der Waals surface area (Å²) < 4.78 is 0. The maximum absolute atomic E-state index is 12.5. The van der Waals surface area contributed by atoms with Crippen molar-refractivity contribution in [1.29, 1.82) is 0 Å². The van der Waals surface area contributed by atoms with Gasteiger partial charge in [-0.2, -0.15) is 0 Å². The minimum atomic E-state index is -0.505. The van der Waals surface area contributed by atoms with Gasteiger partial charge in [0.15, 0.2) is 11.5 Å². The molecule has 1 aliphatic heterocycles. The molecule has 1 aromatic rings. The molecule has 2 rings (SSSR count). The Labute approximate surface area is 137 Å². The lowest BCUT2D eigenvalue weighted by atomic mass is 9.94. The fourth-order valence-corrected chi connectivity index (χ4v) is 2.85. The van der Waals surface area contributed by atoms with Gasteiger partial charge >= 0.3 is 0 Å². The van der Waals surface area contributed by atoms with E-state index < -0.39 is 17.7 Å². The van der Waals surface area contributed by atoms with Crippen LogP contribution in [0.5, 0.6) is 0 Å². The molecule has 1 amide bonds. The first-order chi connectivity index (χ1) is 10.9. The van der Waals surface area contributed by atoms with Crippen LogP contribution in [0.2, 0.25) is 0 Å². The number of carbonyl (C=O) groups is 2. The van der Waals surface area contributed by atoms with Crippen LogP contribution in [-0.2, 0) is 9.59 Å². The number of aliphatic hydroxyl groups is 1. The van der Waals surface area contributed by atoms with Crippen molar-refractivity contribution in [3.63, 3.8) is 0 Å². The van der Waals surface area contributed by atoms with Gasteiger partial charge in [0.25, 0.3) is 5.91 Å². The zero-order valence-corrected chi connectivity index (χ0v) is 14.2. The van der Waals surface area contributed by atoms with Gasteiger partial charge in [0.05, 0.1) is 11.6 Å². The van der Waals surface area contributed by atoms with Crippen LogP contribution in [0.15, 0.2) is 35.6 Å². The number of aliphatic hydroxyl groups excluding tert-OH is 1. The molecule has 0 bridgehead atoms. The maximum atomic E-state index is 12.5. The smallest absolute Gasteiger partial charge is 0.290 e. The van der Waals surface area contributed by atoms with E-state index in [-0.39, 0.29) is 17.8 Å². The zero-order valence-electron chi connectivity index (χ0n) is 14.2. The first kappa shape index (κ1) is 17.2. The van der Waals surface area contributed by atoms with Crippen molar-refractivity contribution in [2.75, 3.05) is 27.2 Å². The predicted octanol–water partition coefficient (Wildman–Crippen LogP) is 2.23. The summed E-state index contributed by atoms with van der Waals surface area (Å²) in [5.74, 6) is -1.05. The van der Waals surface area contributed by atoms with Gasteiger partial charge in [-0.05, 0) is 26.6 Å². The quantitative estimate of drug-likeness (QED) is 0.874. The molecule has 1 atom stereocenters. The molecule has 0 saturated carbocycles. The summed E-state index contributed by atoms with van der Waals surface area (Å²) in [6, 6.07) is 7.23. The number of nitrogens with zero attached hydrogens (tertiary/aromatic N) is 2. The van der Waals surface area contributed by atoms with Crippen molar-refractivity contribution in [3.8, 4) is 0 Å². The SMILES string of the molecule is CCC(=O)C1=C(O)C(=O)N(CCN(C)C)C1c1cccc(C)c1. The van der Waals surface area contributed by atoms with E-state index in [0.717, 1.165) is 11.1 Å². The Bertz CT molecular complexity index is 649. The minimum Gasteiger partial charge on any atom is -0.503 e. The minimum absolute atomic E-state index is 0.185. The third-order valence-electron chi connectivity index (χ3n) is 4.07. The molecule has 5 heteroatoms. The molecule has 5 nitrogen and oxygen atoms in total. The van der Waals surface area contributed by atoms with E-state index in [1.54, 1.807) is 11.8 Å². The number of hydrogen-bond donors (Lipinski definition) is 1. The van der Waals surface area contributed by atoms with Gasteiger partial charge in [0, 0.05) is 19.5 Å². The Hall–Kier alpha value is -2.14. The molecule has 1 aliphatic rings. The second kappa shape index (κ2) is 6.96. The highest BCUT2D eigenvalue weighted by Crippen LogP contribution is 2.38. The van der Waals surface area contributed by atoms with Crippen LogP contribution < -0.4 is 0 Å². The van der Waals surface area contributed by atoms with Crippen LogP contribution >= 0.6 is 0 Å². The number of benzene rings is 1. The van der Waals surface area contributed by atoms with Crippen molar-refractivity contribution in [2.45, 2.75) is 26.3 Å². The number of amides is 1. The molecule has 0 aliphatic carbocycles. The van der Waals surface area contributed by atoms with Crippen molar-refractivity contribution < 1.29 is 14.7 Å². The summed E-state index contributed by atoms with van der Waals surface area (Å²) in [5, 5.41) is 10.2. The second-order valence-corrected chi connectivity index (χ2v) is 6.16. The molecular weight excluding hydrogens is 292 g/mol. The second-order valence-electron chi connectivity index (χ2n) is 6.16. The van der Waals surface area contributed by atoms with Gasteiger partial charge in [-0.1, -0.05) is 36.8 Å². The van der Waals surface area contributed by atoms with Gasteiger partial charge in [-0.25, -0.2) is 0 Å². The third kappa shape index (κ3) is 3.45. The highest BCUT2D eigenvalue weighted by molar-refractivity contribution is 6.08. The van der Waals surface area contributed by atoms with Crippen molar-refractivity contribution in [3.05, 3.63) is 46.7 Å². The fraction of sp³-hybridized carbons (Fsp3) is 0.444. The van der Waals surface area contributed by atoms with Crippen LogP contribution in [0.25, 0.3) is 0 Å². The van der Waals surface area contributed by atoms with E-state index in [1.165, 1.54) is 0 Å². The average Bonchev–Trinajstić information content (AvgIpc) is 2.76. The molecule has 0 fully saturated rings. The summed E-state index contributed by atoms with van der Waals surface area (Å²) in [6.07, 6.45) is 0.260. The van der Waals surface area contributed by atoms with Crippen LogP contribution in [0.1, 0.15) is 30.5 Å². The summed E-state index contributed by atoms with van der Waals surface area (Å²) in [7, 11) is 3.85. The van der Waals surface area contributed by atoms with E-state index in [0.29, 0.717) is 13.1 Å². The van der Waals surface area contributed by atoms with Crippen molar-refractivity contribution in [2.24, 2.45) is 0 Å². The van der Waals surface area contributed by atoms with Crippen molar-refractivity contribution >= 4 is 11.7 Å². The van der Waals surface area contributed by atoms with Crippen LogP contribution in [0, 0.1) is 6.92 Å². The molecule has 124 valence electrons. The van der Waals surface area contributed by atoms with E-state index in [9.17, 15) is 14.7 Å². The number of carbonyl (C=O) groups excluding carboxylic acids is 2. The monoisotopic (exact) mass is 316 g/mol. The number of hydrogen-bond acceptors (Lipinski definition) is 4. The zero-order chi connectivity index (χ0) is 17.1. The topological polar surface area (TPSA) is 60.9 Å². The molecule has 1 aromatic carbocycles. The Morgan fingerprint density at radius 1 is 1.35 bits per heavy atom. The van der Waals surface area contributed by atoms with Crippen LogP contribution in [0.3, 0.4) is 0 Å². The Kier molecular flexibility index (Phi) is 5.21. The Morgan fingerprint density at radius 2 is 2.04 bits per heavy atom. The summed E-state index contributed by atoms with van der Waals surface area (Å²) in [5.41, 5.74) is 2.14. The molecule has 1 N–H and O–H groups in total. The third-order valence-corrected chi connectivity index (χ3v) is 4.07. The van der Waals surface area contributed by atoms with Crippen LogP contribution in [-0.4, -0.2) is 53.8 Å². The normalized spacial score (nSPS) is 18.2. The lowest BCUT2D eigenvalue weighted by Crippen LogP contribution is -2.36. The highest BCUT2D eigenvalue weighted by Gasteiger charge is 2.42. The van der Waals surface area contributed by atoms with E-state index in [2.05, 4.69) is 0 Å². The Morgan fingerprint density at radius 3 is 2.61 bits per heavy atom. The molecule has 1 unspecified atom stereocenters. The number of aryl methyl sites for hydroxylation is 1. The lowest BCUT2D eigenvalue weighted by Gasteiger charge is -2.28. The van der Waals surface area contributed by atoms with E-state index in [4.69, 9.17) is 0 Å².